The van der Waals surface area contributed by atoms with Crippen LogP contribution in [-0.2, 0) is 6.42 Å². The summed E-state index contributed by atoms with van der Waals surface area (Å²) >= 11 is 0. The summed E-state index contributed by atoms with van der Waals surface area (Å²) < 4.78 is 0. The van der Waals surface area contributed by atoms with Gasteiger partial charge in [0.1, 0.15) is 0 Å². The number of hydrogen-bond donors (Lipinski definition) is 2. The van der Waals surface area contributed by atoms with Gasteiger partial charge in [-0.3, -0.25) is 19.7 Å². The first-order valence-electron chi connectivity index (χ1n) is 7.94. The quantitative estimate of drug-likeness (QED) is 0.666. The Morgan fingerprint density at radius 1 is 1.16 bits per heavy atom. The summed E-state index contributed by atoms with van der Waals surface area (Å²) in [6, 6.07) is 8.62. The Morgan fingerprint density at radius 2 is 1.92 bits per heavy atom. The van der Waals surface area contributed by atoms with Gasteiger partial charge in [-0.1, -0.05) is 24.3 Å². The number of allylic oxidation sites excluding steroid dienone is 1. The lowest BCUT2D eigenvalue weighted by atomic mass is 9.99. The second-order valence-electron chi connectivity index (χ2n) is 6.00. The first kappa shape index (κ1) is 16.6. The summed E-state index contributed by atoms with van der Waals surface area (Å²) in [5.74, 6) is -1.44. The molecule has 0 spiro atoms. The number of imide groups is 1. The maximum Gasteiger partial charge on any atom is 0.259 e. The normalized spacial score (nSPS) is 12.6. The lowest BCUT2D eigenvalue weighted by molar-refractivity contribution is 0.0875. The van der Waals surface area contributed by atoms with Gasteiger partial charge in [0, 0.05) is 5.69 Å². The van der Waals surface area contributed by atoms with E-state index in [0.29, 0.717) is 12.1 Å². The molecule has 1 aliphatic heterocycles. The molecule has 3 amide bonds. The van der Waals surface area contributed by atoms with Crippen LogP contribution in [0.25, 0.3) is 0 Å². The van der Waals surface area contributed by atoms with Gasteiger partial charge in [-0.2, -0.15) is 0 Å². The van der Waals surface area contributed by atoms with Gasteiger partial charge >= 0.3 is 0 Å². The second kappa shape index (κ2) is 6.36. The van der Waals surface area contributed by atoms with E-state index in [1.807, 2.05) is 26.0 Å². The molecule has 0 bridgehead atoms. The van der Waals surface area contributed by atoms with Gasteiger partial charge in [0.25, 0.3) is 17.7 Å². The number of hydrogen-bond acceptors (Lipinski definition) is 3. The van der Waals surface area contributed by atoms with Crippen LogP contribution >= 0.6 is 0 Å². The zero-order valence-electron chi connectivity index (χ0n) is 14.1. The SMILES string of the molecule is C=CCc1ccc(C)c(C)c1NC(=O)c1cccc2c1C(=O)NC2=O. The predicted molar refractivity (Wildman–Crippen MR) is 96.0 cm³/mol. The standard InChI is InChI=1S/C20H18N2O3/c1-4-6-13-10-9-11(2)12(3)17(13)21-18(23)14-7-5-8-15-16(14)20(25)22-19(15)24/h4-5,7-10H,1,6H2,2-3H3,(H,21,23)(H,22,24,25). The molecule has 1 heterocycles. The van der Waals surface area contributed by atoms with Crippen molar-refractivity contribution in [1.29, 1.82) is 0 Å². The van der Waals surface area contributed by atoms with E-state index in [9.17, 15) is 14.4 Å². The van der Waals surface area contributed by atoms with Gasteiger partial charge in [-0.05, 0) is 49.1 Å². The highest BCUT2D eigenvalue weighted by Crippen LogP contribution is 2.27. The minimum Gasteiger partial charge on any atom is -0.321 e. The van der Waals surface area contributed by atoms with E-state index in [2.05, 4.69) is 17.2 Å². The fourth-order valence-corrected chi connectivity index (χ4v) is 2.96. The van der Waals surface area contributed by atoms with Gasteiger partial charge < -0.3 is 5.32 Å². The number of amides is 3. The molecule has 0 radical (unpaired) electrons. The molecule has 0 saturated heterocycles. The molecule has 2 aromatic rings. The van der Waals surface area contributed by atoms with Crippen LogP contribution in [0.4, 0.5) is 5.69 Å². The zero-order chi connectivity index (χ0) is 18.1. The molecule has 3 rings (SSSR count). The summed E-state index contributed by atoms with van der Waals surface area (Å²) in [5, 5.41) is 5.13. The maximum absolute atomic E-state index is 12.8. The monoisotopic (exact) mass is 334 g/mol. The molecule has 5 heteroatoms. The summed E-state index contributed by atoms with van der Waals surface area (Å²) in [7, 11) is 0. The highest BCUT2D eigenvalue weighted by molar-refractivity contribution is 6.26. The van der Waals surface area contributed by atoms with Crippen molar-refractivity contribution < 1.29 is 14.4 Å². The fraction of sp³-hybridized carbons (Fsp3) is 0.150. The summed E-state index contributed by atoms with van der Waals surface area (Å²) in [6.07, 6.45) is 2.38. The topological polar surface area (TPSA) is 75.3 Å². The van der Waals surface area contributed by atoms with Gasteiger partial charge in [-0.25, -0.2) is 0 Å². The Bertz CT molecular complexity index is 929. The lowest BCUT2D eigenvalue weighted by Gasteiger charge is -2.16. The van der Waals surface area contributed by atoms with Crippen molar-refractivity contribution >= 4 is 23.4 Å². The first-order valence-corrected chi connectivity index (χ1v) is 7.94. The number of aryl methyl sites for hydroxylation is 1. The molecule has 5 nitrogen and oxygen atoms in total. The molecule has 2 aromatic carbocycles. The van der Waals surface area contributed by atoms with Crippen molar-refractivity contribution in [3.05, 3.63) is 76.4 Å². The Balaban J connectivity index is 2.03. The van der Waals surface area contributed by atoms with Crippen LogP contribution in [0.2, 0.25) is 0 Å². The summed E-state index contributed by atoms with van der Waals surface area (Å²) in [4.78, 5) is 36.6. The minimum absolute atomic E-state index is 0.126. The van der Waals surface area contributed by atoms with E-state index in [-0.39, 0.29) is 16.7 Å². The van der Waals surface area contributed by atoms with Gasteiger partial charge in [0.2, 0.25) is 0 Å². The molecular weight excluding hydrogens is 316 g/mol. The van der Waals surface area contributed by atoms with Crippen molar-refractivity contribution in [2.24, 2.45) is 0 Å². The highest BCUT2D eigenvalue weighted by atomic mass is 16.2. The van der Waals surface area contributed by atoms with Crippen LogP contribution in [0.1, 0.15) is 47.8 Å². The van der Waals surface area contributed by atoms with Crippen molar-refractivity contribution in [3.63, 3.8) is 0 Å². The molecule has 0 unspecified atom stereocenters. The number of anilines is 1. The molecule has 0 fully saturated rings. The highest BCUT2D eigenvalue weighted by Gasteiger charge is 2.31. The number of nitrogens with one attached hydrogen (secondary N) is 2. The van der Waals surface area contributed by atoms with E-state index in [1.54, 1.807) is 18.2 Å². The van der Waals surface area contributed by atoms with Crippen molar-refractivity contribution in [2.45, 2.75) is 20.3 Å². The molecule has 0 saturated carbocycles. The third-order valence-corrected chi connectivity index (χ3v) is 4.43. The molecule has 2 N–H and O–H groups in total. The van der Waals surface area contributed by atoms with Crippen LogP contribution in [-0.4, -0.2) is 17.7 Å². The molecular formula is C20H18N2O3. The van der Waals surface area contributed by atoms with Crippen LogP contribution in [0.3, 0.4) is 0 Å². The van der Waals surface area contributed by atoms with E-state index in [4.69, 9.17) is 0 Å². The van der Waals surface area contributed by atoms with E-state index in [1.165, 1.54) is 6.07 Å². The summed E-state index contributed by atoms with van der Waals surface area (Å²) in [5.41, 5.74) is 4.21. The van der Waals surface area contributed by atoms with Gasteiger partial charge in [0.05, 0.1) is 16.7 Å². The third kappa shape index (κ3) is 2.85. The Morgan fingerprint density at radius 3 is 2.64 bits per heavy atom. The lowest BCUT2D eigenvalue weighted by Crippen LogP contribution is -2.22. The maximum atomic E-state index is 12.8. The minimum atomic E-state index is -0.543. The van der Waals surface area contributed by atoms with Crippen LogP contribution < -0.4 is 10.6 Å². The smallest absolute Gasteiger partial charge is 0.259 e. The van der Waals surface area contributed by atoms with Crippen molar-refractivity contribution in [3.8, 4) is 0 Å². The van der Waals surface area contributed by atoms with Crippen LogP contribution in [0.5, 0.6) is 0 Å². The number of benzene rings is 2. The first-order chi connectivity index (χ1) is 11.9. The average molecular weight is 334 g/mol. The number of carbonyl (C=O) groups is 3. The molecule has 0 aromatic heterocycles. The molecule has 126 valence electrons. The van der Waals surface area contributed by atoms with Gasteiger partial charge in [-0.15, -0.1) is 6.58 Å². The van der Waals surface area contributed by atoms with Crippen LogP contribution in [0, 0.1) is 13.8 Å². The second-order valence-corrected chi connectivity index (χ2v) is 6.00. The number of rotatable bonds is 4. The van der Waals surface area contributed by atoms with Crippen molar-refractivity contribution in [1.82, 2.24) is 5.32 Å². The fourth-order valence-electron chi connectivity index (χ4n) is 2.96. The number of carbonyl (C=O) groups excluding carboxylic acids is 3. The summed E-state index contributed by atoms with van der Waals surface area (Å²) in [6.45, 7) is 7.65. The van der Waals surface area contributed by atoms with Crippen LogP contribution in [0.15, 0.2) is 43.0 Å². The molecule has 1 aliphatic rings. The van der Waals surface area contributed by atoms with E-state index < -0.39 is 17.7 Å². The molecule has 25 heavy (non-hydrogen) atoms. The van der Waals surface area contributed by atoms with E-state index in [0.717, 1.165) is 16.7 Å². The molecule has 0 atom stereocenters. The average Bonchev–Trinajstić information content (AvgIpc) is 2.89. The Kier molecular flexibility index (Phi) is 4.23. The Labute approximate surface area is 145 Å². The largest absolute Gasteiger partial charge is 0.321 e. The molecule has 0 aliphatic carbocycles. The predicted octanol–water partition coefficient (Wildman–Crippen LogP) is 3.17. The Hall–Kier alpha value is -3.21. The zero-order valence-corrected chi connectivity index (χ0v) is 14.1. The van der Waals surface area contributed by atoms with E-state index >= 15 is 0 Å². The van der Waals surface area contributed by atoms with Gasteiger partial charge in [0.15, 0.2) is 0 Å². The number of fused-ring (bicyclic) bond motifs is 1. The van der Waals surface area contributed by atoms with Crippen molar-refractivity contribution in [2.75, 3.05) is 5.32 Å². The third-order valence-electron chi connectivity index (χ3n) is 4.43.